The number of benzene rings is 2. The Morgan fingerprint density at radius 2 is 1.87 bits per heavy atom. The molecular weight excluding hydrogens is 280 g/mol. The van der Waals surface area contributed by atoms with Gasteiger partial charge in [-0.05, 0) is 55.4 Å². The van der Waals surface area contributed by atoms with Gasteiger partial charge in [-0.25, -0.2) is 4.99 Å². The molecule has 1 heterocycles. The third-order valence-electron chi connectivity index (χ3n) is 5.87. The van der Waals surface area contributed by atoms with E-state index in [-0.39, 0.29) is 5.54 Å². The van der Waals surface area contributed by atoms with E-state index in [0.717, 1.165) is 11.6 Å². The third-order valence-corrected chi connectivity index (χ3v) is 5.87. The molecule has 2 aliphatic rings. The summed E-state index contributed by atoms with van der Waals surface area (Å²) >= 11 is 0. The molecule has 0 radical (unpaired) electrons. The molecule has 1 atom stereocenters. The van der Waals surface area contributed by atoms with Gasteiger partial charge in [-0.3, -0.25) is 0 Å². The van der Waals surface area contributed by atoms with E-state index in [1.54, 1.807) is 0 Å². The molecule has 2 heteroatoms. The molecule has 23 heavy (non-hydrogen) atoms. The Bertz CT molecular complexity index is 773. The lowest BCUT2D eigenvalue weighted by Crippen LogP contribution is -2.43. The van der Waals surface area contributed by atoms with E-state index >= 15 is 0 Å². The predicted molar refractivity (Wildman–Crippen MR) is 96.6 cm³/mol. The minimum atomic E-state index is -0.165. The fourth-order valence-corrected chi connectivity index (χ4v) is 3.96. The van der Waals surface area contributed by atoms with Crippen molar-refractivity contribution in [3.8, 4) is 0 Å². The van der Waals surface area contributed by atoms with Gasteiger partial charge < -0.3 is 4.90 Å². The summed E-state index contributed by atoms with van der Waals surface area (Å²) < 4.78 is 0. The highest BCUT2D eigenvalue weighted by Crippen LogP contribution is 2.46. The smallest absolute Gasteiger partial charge is 0.0919 e. The molecule has 2 nitrogen and oxygen atoms in total. The first kappa shape index (κ1) is 14.5. The molecule has 2 aromatic rings. The Morgan fingerprint density at radius 1 is 1.09 bits per heavy atom. The molecule has 2 aromatic carbocycles. The van der Waals surface area contributed by atoms with Crippen molar-refractivity contribution in [2.45, 2.75) is 44.6 Å². The summed E-state index contributed by atoms with van der Waals surface area (Å²) in [7, 11) is 2.13. The quantitative estimate of drug-likeness (QED) is 0.751. The first-order chi connectivity index (χ1) is 11.1. The van der Waals surface area contributed by atoms with Gasteiger partial charge in [0.25, 0.3) is 0 Å². The highest BCUT2D eigenvalue weighted by Gasteiger charge is 2.38. The fraction of sp³-hybridized carbons (Fsp3) is 0.381. The van der Waals surface area contributed by atoms with Crippen molar-refractivity contribution in [3.05, 3.63) is 64.7 Å². The van der Waals surface area contributed by atoms with Crippen LogP contribution in [0, 0.1) is 6.92 Å². The van der Waals surface area contributed by atoms with Crippen LogP contribution in [0.4, 0.5) is 5.69 Å². The van der Waals surface area contributed by atoms with Gasteiger partial charge in [0, 0.05) is 12.6 Å². The second kappa shape index (κ2) is 5.23. The minimum absolute atomic E-state index is 0.165. The van der Waals surface area contributed by atoms with Crippen molar-refractivity contribution in [3.63, 3.8) is 0 Å². The number of aryl methyl sites for hydroxylation is 1. The molecule has 0 N–H and O–H groups in total. The maximum atomic E-state index is 4.67. The van der Waals surface area contributed by atoms with E-state index in [2.05, 4.69) is 73.3 Å². The van der Waals surface area contributed by atoms with Crippen LogP contribution in [-0.4, -0.2) is 18.3 Å². The van der Waals surface area contributed by atoms with Gasteiger partial charge in [0.2, 0.25) is 0 Å². The van der Waals surface area contributed by atoms with Crippen molar-refractivity contribution in [2.24, 2.45) is 4.99 Å². The Hall–Kier alpha value is -2.09. The first-order valence-corrected chi connectivity index (χ1v) is 8.58. The summed E-state index contributed by atoms with van der Waals surface area (Å²) in [5.74, 6) is 0.748. The SMILES string of the molecule is Cc1ccccc1C1(C)c2cc(C3CCC3)ccc2N=CN1C. The topological polar surface area (TPSA) is 15.6 Å². The van der Waals surface area contributed by atoms with E-state index in [9.17, 15) is 0 Å². The summed E-state index contributed by atoms with van der Waals surface area (Å²) in [6.45, 7) is 4.53. The zero-order valence-corrected chi connectivity index (χ0v) is 14.2. The third kappa shape index (κ3) is 2.12. The maximum absolute atomic E-state index is 4.67. The van der Waals surface area contributed by atoms with Crippen molar-refractivity contribution in [2.75, 3.05) is 7.05 Å². The van der Waals surface area contributed by atoms with E-state index < -0.39 is 0 Å². The van der Waals surface area contributed by atoms with Gasteiger partial charge in [-0.2, -0.15) is 0 Å². The molecule has 0 amide bonds. The van der Waals surface area contributed by atoms with E-state index in [1.807, 2.05) is 6.34 Å². The number of hydrogen-bond donors (Lipinski definition) is 0. The second-order valence-electron chi connectivity index (χ2n) is 7.15. The van der Waals surface area contributed by atoms with Crippen LogP contribution in [0.1, 0.15) is 54.4 Å². The first-order valence-electron chi connectivity index (χ1n) is 8.58. The lowest BCUT2D eigenvalue weighted by atomic mass is 9.75. The molecule has 1 aliphatic carbocycles. The van der Waals surface area contributed by atoms with Gasteiger partial charge in [0.1, 0.15) is 0 Å². The molecule has 0 bridgehead atoms. The van der Waals surface area contributed by atoms with Crippen LogP contribution in [0.2, 0.25) is 0 Å². The summed E-state index contributed by atoms with van der Waals surface area (Å²) in [5, 5.41) is 0. The number of fused-ring (bicyclic) bond motifs is 1. The minimum Gasteiger partial charge on any atom is -0.352 e. The maximum Gasteiger partial charge on any atom is 0.0919 e. The van der Waals surface area contributed by atoms with E-state index in [1.165, 1.54) is 41.5 Å². The van der Waals surface area contributed by atoms with E-state index in [0.29, 0.717) is 0 Å². The van der Waals surface area contributed by atoms with Crippen molar-refractivity contribution in [1.82, 2.24) is 4.90 Å². The molecule has 1 fully saturated rings. The van der Waals surface area contributed by atoms with Crippen LogP contribution in [0.3, 0.4) is 0 Å². The summed E-state index contributed by atoms with van der Waals surface area (Å²) in [4.78, 5) is 6.92. The average Bonchev–Trinajstić information content (AvgIpc) is 2.50. The van der Waals surface area contributed by atoms with Crippen LogP contribution in [-0.2, 0) is 5.54 Å². The highest BCUT2D eigenvalue weighted by molar-refractivity contribution is 5.72. The Labute approximate surface area is 138 Å². The monoisotopic (exact) mass is 304 g/mol. The summed E-state index contributed by atoms with van der Waals surface area (Å²) in [6, 6.07) is 15.6. The van der Waals surface area contributed by atoms with Gasteiger partial charge in [0.05, 0.1) is 17.6 Å². The lowest BCUT2D eigenvalue weighted by Gasteiger charge is -2.43. The lowest BCUT2D eigenvalue weighted by molar-refractivity contribution is 0.290. The second-order valence-corrected chi connectivity index (χ2v) is 7.15. The number of hydrogen-bond acceptors (Lipinski definition) is 2. The van der Waals surface area contributed by atoms with Gasteiger partial charge in [0.15, 0.2) is 0 Å². The summed E-state index contributed by atoms with van der Waals surface area (Å²) in [5.41, 5.74) is 6.46. The van der Waals surface area contributed by atoms with Crippen molar-refractivity contribution >= 4 is 12.0 Å². The Kier molecular flexibility index (Phi) is 3.29. The molecule has 1 aliphatic heterocycles. The predicted octanol–water partition coefficient (Wildman–Crippen LogP) is 5.13. The highest BCUT2D eigenvalue weighted by atomic mass is 15.2. The van der Waals surface area contributed by atoms with Crippen molar-refractivity contribution < 1.29 is 0 Å². The summed E-state index contributed by atoms with van der Waals surface area (Å²) in [6.07, 6.45) is 6.00. The normalized spacial score (nSPS) is 23.5. The van der Waals surface area contributed by atoms with Crippen LogP contribution < -0.4 is 0 Å². The molecular formula is C21H24N2. The molecule has 118 valence electrons. The van der Waals surface area contributed by atoms with Crippen LogP contribution in [0.5, 0.6) is 0 Å². The molecule has 4 rings (SSSR count). The van der Waals surface area contributed by atoms with Crippen molar-refractivity contribution in [1.29, 1.82) is 0 Å². The van der Waals surface area contributed by atoms with E-state index in [4.69, 9.17) is 0 Å². The number of rotatable bonds is 2. The Balaban J connectivity index is 1.91. The van der Waals surface area contributed by atoms with Crippen LogP contribution in [0.15, 0.2) is 47.5 Å². The number of aliphatic imine (C=N–C) groups is 1. The molecule has 0 saturated heterocycles. The molecule has 0 aromatic heterocycles. The van der Waals surface area contributed by atoms with Gasteiger partial charge in [-0.1, -0.05) is 42.8 Å². The molecule has 1 saturated carbocycles. The largest absolute Gasteiger partial charge is 0.352 e. The fourth-order valence-electron chi connectivity index (χ4n) is 3.96. The molecule has 0 spiro atoms. The van der Waals surface area contributed by atoms with Crippen LogP contribution in [0.25, 0.3) is 0 Å². The average molecular weight is 304 g/mol. The number of nitrogens with zero attached hydrogens (tertiary/aromatic N) is 2. The zero-order chi connectivity index (χ0) is 16.0. The van der Waals surface area contributed by atoms with Crippen LogP contribution >= 0.6 is 0 Å². The van der Waals surface area contributed by atoms with Gasteiger partial charge >= 0.3 is 0 Å². The Morgan fingerprint density at radius 3 is 2.57 bits per heavy atom. The standard InChI is InChI=1S/C21H24N2/c1-15-7-4-5-10-18(15)21(2)19-13-17(16-8-6-9-16)11-12-20(19)22-14-23(21)3/h4-5,7,10-14,16H,6,8-9H2,1-3H3. The molecule has 1 unspecified atom stereocenters. The van der Waals surface area contributed by atoms with Gasteiger partial charge in [-0.15, -0.1) is 0 Å². The zero-order valence-electron chi connectivity index (χ0n) is 14.2.